The topological polar surface area (TPSA) is 134 Å². The van der Waals surface area contributed by atoms with Crippen LogP contribution in [0.1, 0.15) is 18.2 Å². The van der Waals surface area contributed by atoms with Crippen LogP contribution in [0.25, 0.3) is 0 Å². The minimum atomic E-state index is -0.272. The van der Waals surface area contributed by atoms with Crippen LogP contribution in [-0.4, -0.2) is 46.8 Å². The second-order valence-electron chi connectivity index (χ2n) is 5.58. The fourth-order valence-electron chi connectivity index (χ4n) is 2.36. The molecule has 1 heterocycles. The zero-order valence-corrected chi connectivity index (χ0v) is 15.8. The third-order valence-corrected chi connectivity index (χ3v) is 4.42. The summed E-state index contributed by atoms with van der Waals surface area (Å²) in [4.78, 5) is 13.3. The van der Waals surface area contributed by atoms with E-state index in [1.54, 1.807) is 30.0 Å². The third-order valence-electron chi connectivity index (χ3n) is 3.60. The number of carbonyl (C=O) groups is 1. The Morgan fingerprint density at radius 2 is 2.04 bits per heavy atom. The van der Waals surface area contributed by atoms with Gasteiger partial charge in [-0.2, -0.15) is 9.64 Å². The highest BCUT2D eigenvalue weighted by atomic mass is 32.1. The van der Waals surface area contributed by atoms with Crippen molar-refractivity contribution < 1.29 is 15.0 Å². The summed E-state index contributed by atoms with van der Waals surface area (Å²) in [6.07, 6.45) is 0. The standard InChI is InChI=1S/C17H20N6O3S/c1-11-14(10-18)17(27-22-11)21-20-15-4-3-13(9-16(15)19-12(2)26)23(5-7-24)6-8-25/h3-4,9,24-25H,5-8H2,1-2H3,(H,19,26)/b21-20+. The van der Waals surface area contributed by atoms with E-state index in [2.05, 4.69) is 19.9 Å². The summed E-state index contributed by atoms with van der Waals surface area (Å²) in [6, 6.07) is 7.18. The van der Waals surface area contributed by atoms with E-state index in [4.69, 9.17) is 5.26 Å². The summed E-state index contributed by atoms with van der Waals surface area (Å²) >= 11 is 1.08. The van der Waals surface area contributed by atoms with Gasteiger partial charge < -0.3 is 20.4 Å². The molecule has 9 nitrogen and oxygen atoms in total. The molecule has 0 unspecified atom stereocenters. The van der Waals surface area contributed by atoms with E-state index in [1.165, 1.54) is 6.92 Å². The van der Waals surface area contributed by atoms with Crippen LogP contribution in [0.5, 0.6) is 0 Å². The molecule has 0 saturated carbocycles. The van der Waals surface area contributed by atoms with Crippen LogP contribution >= 0.6 is 11.5 Å². The third kappa shape index (κ3) is 5.30. The van der Waals surface area contributed by atoms with Crippen molar-refractivity contribution in [3.63, 3.8) is 0 Å². The number of amides is 1. The van der Waals surface area contributed by atoms with Crippen LogP contribution in [0.2, 0.25) is 0 Å². The molecule has 1 aromatic heterocycles. The van der Waals surface area contributed by atoms with Gasteiger partial charge in [-0.05, 0) is 36.7 Å². The predicted molar refractivity (Wildman–Crippen MR) is 103 cm³/mol. The van der Waals surface area contributed by atoms with Gasteiger partial charge in [-0.3, -0.25) is 4.79 Å². The van der Waals surface area contributed by atoms with Gasteiger partial charge in [0.15, 0.2) is 5.00 Å². The number of aromatic nitrogens is 1. The van der Waals surface area contributed by atoms with Crippen molar-refractivity contribution in [2.75, 3.05) is 36.5 Å². The number of rotatable bonds is 8. The maximum absolute atomic E-state index is 11.5. The first kappa shape index (κ1) is 20.4. The van der Waals surface area contributed by atoms with Crippen molar-refractivity contribution in [1.82, 2.24) is 4.37 Å². The largest absolute Gasteiger partial charge is 0.395 e. The van der Waals surface area contributed by atoms with Crippen LogP contribution in [-0.2, 0) is 4.79 Å². The molecule has 0 radical (unpaired) electrons. The Morgan fingerprint density at radius 1 is 1.33 bits per heavy atom. The van der Waals surface area contributed by atoms with E-state index in [0.717, 1.165) is 11.5 Å². The van der Waals surface area contributed by atoms with Crippen LogP contribution in [0.3, 0.4) is 0 Å². The molecule has 0 fully saturated rings. The molecule has 0 aliphatic heterocycles. The lowest BCUT2D eigenvalue weighted by molar-refractivity contribution is -0.114. The second kappa shape index (κ2) is 9.72. The highest BCUT2D eigenvalue weighted by Crippen LogP contribution is 2.33. The smallest absolute Gasteiger partial charge is 0.221 e. The monoisotopic (exact) mass is 388 g/mol. The summed E-state index contributed by atoms with van der Waals surface area (Å²) in [7, 11) is 0. The maximum atomic E-state index is 11.5. The highest BCUT2D eigenvalue weighted by molar-refractivity contribution is 7.10. The zero-order valence-electron chi connectivity index (χ0n) is 15.0. The first-order chi connectivity index (χ1) is 13.0. The SMILES string of the molecule is CC(=O)Nc1cc(N(CCO)CCO)ccc1/N=N/c1snc(C)c1C#N. The lowest BCUT2D eigenvalue weighted by Gasteiger charge is -2.23. The average Bonchev–Trinajstić information content (AvgIpc) is 2.99. The fraction of sp³-hybridized carbons (Fsp3) is 0.353. The molecule has 3 N–H and O–H groups in total. The molecule has 2 aromatic rings. The van der Waals surface area contributed by atoms with Gasteiger partial charge in [-0.25, -0.2) is 0 Å². The van der Waals surface area contributed by atoms with Gasteiger partial charge in [0.25, 0.3) is 0 Å². The quantitative estimate of drug-likeness (QED) is 0.595. The molecule has 0 atom stereocenters. The first-order valence-corrected chi connectivity index (χ1v) is 8.94. The minimum Gasteiger partial charge on any atom is -0.395 e. The molecule has 142 valence electrons. The number of aliphatic hydroxyl groups excluding tert-OH is 2. The Kier molecular flexibility index (Phi) is 7.36. The van der Waals surface area contributed by atoms with E-state index in [-0.39, 0.29) is 19.1 Å². The summed E-state index contributed by atoms with van der Waals surface area (Å²) < 4.78 is 4.09. The van der Waals surface area contributed by atoms with Gasteiger partial charge in [-0.1, -0.05) is 0 Å². The Balaban J connectivity index is 2.39. The number of nitrogens with zero attached hydrogens (tertiary/aromatic N) is 5. The van der Waals surface area contributed by atoms with Crippen molar-refractivity contribution in [2.24, 2.45) is 10.2 Å². The Labute approximate surface area is 160 Å². The highest BCUT2D eigenvalue weighted by Gasteiger charge is 2.12. The van der Waals surface area contributed by atoms with Crippen LogP contribution in [0, 0.1) is 18.3 Å². The van der Waals surface area contributed by atoms with Crippen molar-refractivity contribution in [2.45, 2.75) is 13.8 Å². The van der Waals surface area contributed by atoms with Crippen LogP contribution in [0.4, 0.5) is 22.1 Å². The number of aryl methyl sites for hydroxylation is 1. The Morgan fingerprint density at radius 3 is 2.63 bits per heavy atom. The zero-order chi connectivity index (χ0) is 19.8. The van der Waals surface area contributed by atoms with Gasteiger partial charge in [0, 0.05) is 25.7 Å². The molecular formula is C17H20N6O3S. The normalized spacial score (nSPS) is 10.8. The van der Waals surface area contributed by atoms with E-state index < -0.39 is 0 Å². The van der Waals surface area contributed by atoms with Gasteiger partial charge >= 0.3 is 0 Å². The molecule has 10 heteroatoms. The van der Waals surface area contributed by atoms with Gasteiger partial charge in [0.05, 0.1) is 24.6 Å². The number of hydrogen-bond acceptors (Lipinski definition) is 9. The van der Waals surface area contributed by atoms with Gasteiger partial charge in [-0.15, -0.1) is 10.2 Å². The molecule has 27 heavy (non-hydrogen) atoms. The number of benzene rings is 1. The van der Waals surface area contributed by atoms with E-state index >= 15 is 0 Å². The number of hydrogen-bond donors (Lipinski definition) is 3. The Bertz CT molecular complexity index is 868. The first-order valence-electron chi connectivity index (χ1n) is 8.16. The number of azo groups is 1. The number of nitriles is 1. The minimum absolute atomic E-state index is 0.0708. The second-order valence-corrected chi connectivity index (χ2v) is 6.33. The number of aliphatic hydroxyl groups is 2. The molecule has 0 spiro atoms. The van der Waals surface area contributed by atoms with Crippen molar-refractivity contribution >= 4 is 39.5 Å². The summed E-state index contributed by atoms with van der Waals surface area (Å²) in [5.74, 6) is -0.272. The molecular weight excluding hydrogens is 368 g/mol. The van der Waals surface area contributed by atoms with E-state index in [1.807, 2.05) is 6.07 Å². The van der Waals surface area contributed by atoms with Crippen molar-refractivity contribution in [3.05, 3.63) is 29.5 Å². The number of anilines is 2. The molecule has 1 amide bonds. The predicted octanol–water partition coefficient (Wildman–Crippen LogP) is 2.49. The molecule has 0 aliphatic carbocycles. The van der Waals surface area contributed by atoms with Gasteiger partial charge in [0.2, 0.25) is 5.91 Å². The van der Waals surface area contributed by atoms with E-state index in [9.17, 15) is 15.0 Å². The molecule has 0 saturated heterocycles. The molecule has 1 aromatic carbocycles. The number of carbonyl (C=O) groups excluding carboxylic acids is 1. The summed E-state index contributed by atoms with van der Waals surface area (Å²) in [6.45, 7) is 3.64. The maximum Gasteiger partial charge on any atom is 0.221 e. The number of nitrogens with one attached hydrogen (secondary N) is 1. The lowest BCUT2D eigenvalue weighted by Crippen LogP contribution is -2.29. The Hall–Kier alpha value is -2.87. The van der Waals surface area contributed by atoms with Crippen LogP contribution < -0.4 is 10.2 Å². The molecule has 0 aliphatic rings. The average molecular weight is 388 g/mol. The lowest BCUT2D eigenvalue weighted by atomic mass is 10.2. The molecule has 2 rings (SSSR count). The summed E-state index contributed by atoms with van der Waals surface area (Å²) in [5.41, 5.74) is 2.53. The van der Waals surface area contributed by atoms with Crippen LogP contribution in [0.15, 0.2) is 28.4 Å². The van der Waals surface area contributed by atoms with E-state index in [0.29, 0.717) is 46.4 Å². The molecule has 0 bridgehead atoms. The van der Waals surface area contributed by atoms with Gasteiger partial charge in [0.1, 0.15) is 17.3 Å². The summed E-state index contributed by atoms with van der Waals surface area (Å²) in [5, 5.41) is 38.9. The fourth-order valence-corrected chi connectivity index (χ4v) is 3.04. The van der Waals surface area contributed by atoms with Crippen molar-refractivity contribution in [3.8, 4) is 6.07 Å². The van der Waals surface area contributed by atoms with Crippen molar-refractivity contribution in [1.29, 1.82) is 5.26 Å².